The van der Waals surface area contributed by atoms with Crippen molar-refractivity contribution in [2.45, 2.75) is 25.8 Å². The highest BCUT2D eigenvalue weighted by molar-refractivity contribution is 5.84. The molecule has 2 aromatic rings. The van der Waals surface area contributed by atoms with Gasteiger partial charge in [-0.2, -0.15) is 0 Å². The summed E-state index contributed by atoms with van der Waals surface area (Å²) in [7, 11) is 0. The Hall–Kier alpha value is -2.16. The van der Waals surface area contributed by atoms with E-state index in [2.05, 4.69) is 12.1 Å². The standard InChI is InChI=1S/C16H17NO2/c18-16(19)15-10-6-12-17(13-15)11-5-4-9-14-7-2-1-3-8-14/h1-3,6-8,10,12-13H,4-5,9,11H2. The predicted octanol–water partition coefficient (Wildman–Crippen LogP) is 1.36. The second-order valence-corrected chi connectivity index (χ2v) is 4.56. The lowest BCUT2D eigenvalue weighted by molar-refractivity contribution is -0.697. The van der Waals surface area contributed by atoms with Crippen LogP contribution in [0.15, 0.2) is 54.9 Å². The van der Waals surface area contributed by atoms with Gasteiger partial charge in [-0.1, -0.05) is 30.3 Å². The average Bonchev–Trinajstić information content (AvgIpc) is 2.45. The van der Waals surface area contributed by atoms with Gasteiger partial charge in [-0.25, -0.2) is 4.57 Å². The van der Waals surface area contributed by atoms with Crippen molar-refractivity contribution in [3.8, 4) is 0 Å². The molecule has 1 aromatic heterocycles. The minimum absolute atomic E-state index is 0.227. The van der Waals surface area contributed by atoms with Crippen LogP contribution >= 0.6 is 0 Å². The number of unbranched alkanes of at least 4 members (excludes halogenated alkanes) is 1. The molecule has 0 amide bonds. The highest BCUT2D eigenvalue weighted by Crippen LogP contribution is 2.04. The maximum absolute atomic E-state index is 10.7. The number of pyridine rings is 1. The van der Waals surface area contributed by atoms with Crippen molar-refractivity contribution in [3.05, 3.63) is 66.0 Å². The largest absolute Gasteiger partial charge is 0.545 e. The molecule has 0 aliphatic carbocycles. The third kappa shape index (κ3) is 4.21. The Balaban J connectivity index is 1.80. The van der Waals surface area contributed by atoms with Crippen LogP contribution < -0.4 is 9.67 Å². The summed E-state index contributed by atoms with van der Waals surface area (Å²) in [6.07, 6.45) is 6.68. The lowest BCUT2D eigenvalue weighted by atomic mass is 10.1. The zero-order chi connectivity index (χ0) is 13.5. The molecule has 0 aliphatic heterocycles. The molecule has 98 valence electrons. The minimum Gasteiger partial charge on any atom is -0.545 e. The van der Waals surface area contributed by atoms with Gasteiger partial charge in [0, 0.05) is 12.5 Å². The summed E-state index contributed by atoms with van der Waals surface area (Å²) in [4.78, 5) is 10.7. The summed E-state index contributed by atoms with van der Waals surface area (Å²) in [6, 6.07) is 13.7. The molecular formula is C16H17NO2. The van der Waals surface area contributed by atoms with E-state index in [1.807, 2.05) is 29.0 Å². The molecule has 0 N–H and O–H groups in total. The van der Waals surface area contributed by atoms with E-state index in [0.717, 1.165) is 25.8 Å². The predicted molar refractivity (Wildman–Crippen MR) is 70.3 cm³/mol. The van der Waals surface area contributed by atoms with Gasteiger partial charge in [0.15, 0.2) is 12.4 Å². The van der Waals surface area contributed by atoms with Crippen molar-refractivity contribution in [3.63, 3.8) is 0 Å². The maximum Gasteiger partial charge on any atom is 0.177 e. The second-order valence-electron chi connectivity index (χ2n) is 4.56. The number of aryl methyl sites for hydroxylation is 2. The average molecular weight is 255 g/mol. The molecule has 1 heterocycles. The van der Waals surface area contributed by atoms with E-state index >= 15 is 0 Å². The fraction of sp³-hybridized carbons (Fsp3) is 0.250. The van der Waals surface area contributed by atoms with Gasteiger partial charge in [-0.3, -0.25) is 0 Å². The van der Waals surface area contributed by atoms with Gasteiger partial charge in [0.05, 0.1) is 11.5 Å². The van der Waals surface area contributed by atoms with Crippen LogP contribution in [0.4, 0.5) is 0 Å². The van der Waals surface area contributed by atoms with Gasteiger partial charge in [-0.15, -0.1) is 0 Å². The first-order valence-corrected chi connectivity index (χ1v) is 6.50. The van der Waals surface area contributed by atoms with Crippen LogP contribution in [0.2, 0.25) is 0 Å². The Labute approximate surface area is 113 Å². The highest BCUT2D eigenvalue weighted by atomic mass is 16.4. The number of carboxylic acids is 1. The first kappa shape index (κ1) is 13.3. The molecule has 0 spiro atoms. The van der Waals surface area contributed by atoms with Gasteiger partial charge in [-0.05, 0) is 24.5 Å². The molecule has 0 unspecified atom stereocenters. The smallest absolute Gasteiger partial charge is 0.177 e. The first-order chi connectivity index (χ1) is 9.25. The number of rotatable bonds is 6. The van der Waals surface area contributed by atoms with Crippen molar-refractivity contribution in [1.82, 2.24) is 0 Å². The quantitative estimate of drug-likeness (QED) is 0.578. The van der Waals surface area contributed by atoms with Gasteiger partial charge >= 0.3 is 0 Å². The van der Waals surface area contributed by atoms with Crippen molar-refractivity contribution < 1.29 is 14.5 Å². The minimum atomic E-state index is -1.13. The lowest BCUT2D eigenvalue weighted by Crippen LogP contribution is -2.35. The molecule has 0 radical (unpaired) electrons. The molecule has 0 fully saturated rings. The number of aromatic nitrogens is 1. The molecule has 0 bridgehead atoms. The van der Waals surface area contributed by atoms with E-state index < -0.39 is 5.97 Å². The number of hydrogen-bond donors (Lipinski definition) is 0. The molecule has 0 aliphatic rings. The van der Waals surface area contributed by atoms with Gasteiger partial charge < -0.3 is 9.90 Å². The number of benzene rings is 1. The van der Waals surface area contributed by atoms with Crippen molar-refractivity contribution >= 4 is 5.97 Å². The van der Waals surface area contributed by atoms with E-state index in [4.69, 9.17) is 0 Å². The van der Waals surface area contributed by atoms with Crippen LogP contribution in [0.1, 0.15) is 28.8 Å². The fourth-order valence-electron chi connectivity index (χ4n) is 2.05. The van der Waals surface area contributed by atoms with Crippen LogP contribution in [0.25, 0.3) is 0 Å². The van der Waals surface area contributed by atoms with Gasteiger partial charge in [0.1, 0.15) is 6.54 Å². The van der Waals surface area contributed by atoms with Crippen LogP contribution in [0, 0.1) is 0 Å². The van der Waals surface area contributed by atoms with Crippen LogP contribution in [0.3, 0.4) is 0 Å². The Morgan fingerprint density at radius 3 is 2.58 bits per heavy atom. The summed E-state index contributed by atoms with van der Waals surface area (Å²) < 4.78 is 1.90. The summed E-state index contributed by atoms with van der Waals surface area (Å²) in [5.74, 6) is -1.13. The van der Waals surface area contributed by atoms with Crippen molar-refractivity contribution in [2.24, 2.45) is 0 Å². The number of nitrogens with zero attached hydrogens (tertiary/aromatic N) is 1. The number of carbonyl (C=O) groups excluding carboxylic acids is 1. The van der Waals surface area contributed by atoms with Gasteiger partial charge in [0.25, 0.3) is 0 Å². The second kappa shape index (κ2) is 6.69. The zero-order valence-electron chi connectivity index (χ0n) is 10.8. The molecule has 1 aromatic carbocycles. The molecule has 2 rings (SSSR count). The Bertz CT molecular complexity index is 537. The maximum atomic E-state index is 10.7. The first-order valence-electron chi connectivity index (χ1n) is 6.50. The van der Waals surface area contributed by atoms with Crippen LogP contribution in [0.5, 0.6) is 0 Å². The Morgan fingerprint density at radius 2 is 1.84 bits per heavy atom. The monoisotopic (exact) mass is 255 g/mol. The summed E-state index contributed by atoms with van der Waals surface area (Å²) in [5, 5.41) is 10.7. The van der Waals surface area contributed by atoms with E-state index in [9.17, 15) is 9.90 Å². The zero-order valence-corrected chi connectivity index (χ0v) is 10.8. The molecule has 0 atom stereocenters. The summed E-state index contributed by atoms with van der Waals surface area (Å²) in [5.41, 5.74) is 1.57. The summed E-state index contributed by atoms with van der Waals surface area (Å²) in [6.45, 7) is 0.827. The van der Waals surface area contributed by atoms with E-state index in [1.165, 1.54) is 5.56 Å². The number of hydrogen-bond acceptors (Lipinski definition) is 2. The number of aromatic carboxylic acids is 1. The van der Waals surface area contributed by atoms with Crippen molar-refractivity contribution in [2.75, 3.05) is 0 Å². The third-order valence-electron chi connectivity index (χ3n) is 3.07. The Kier molecular flexibility index (Phi) is 4.67. The summed E-state index contributed by atoms with van der Waals surface area (Å²) >= 11 is 0. The highest BCUT2D eigenvalue weighted by Gasteiger charge is 2.03. The topological polar surface area (TPSA) is 44.0 Å². The van der Waals surface area contributed by atoms with E-state index in [0.29, 0.717) is 0 Å². The van der Waals surface area contributed by atoms with Gasteiger partial charge in [0.2, 0.25) is 0 Å². The molecule has 3 nitrogen and oxygen atoms in total. The van der Waals surface area contributed by atoms with Crippen molar-refractivity contribution in [1.29, 1.82) is 0 Å². The molecule has 3 heteroatoms. The normalized spacial score (nSPS) is 10.3. The SMILES string of the molecule is O=C([O-])c1ccc[n+](CCCCc2ccccc2)c1. The van der Waals surface area contributed by atoms with E-state index in [-0.39, 0.29) is 5.56 Å². The van der Waals surface area contributed by atoms with E-state index in [1.54, 1.807) is 18.3 Å². The van der Waals surface area contributed by atoms with Crippen LogP contribution in [-0.4, -0.2) is 5.97 Å². The Morgan fingerprint density at radius 1 is 1.05 bits per heavy atom. The fourth-order valence-corrected chi connectivity index (χ4v) is 2.05. The third-order valence-corrected chi connectivity index (χ3v) is 3.07. The van der Waals surface area contributed by atoms with Crippen LogP contribution in [-0.2, 0) is 13.0 Å². The molecule has 0 saturated heterocycles. The molecule has 19 heavy (non-hydrogen) atoms. The molecular weight excluding hydrogens is 238 g/mol. The number of carbonyl (C=O) groups is 1. The molecule has 0 saturated carbocycles. The lowest BCUT2D eigenvalue weighted by Gasteiger charge is -2.02. The number of carboxylic acid groups (broad SMARTS) is 1.